The summed E-state index contributed by atoms with van der Waals surface area (Å²) in [5.74, 6) is -1.18. The molecule has 1 aromatic carbocycles. The fourth-order valence-electron chi connectivity index (χ4n) is 6.75. The van der Waals surface area contributed by atoms with E-state index in [1.165, 1.54) is 4.31 Å². The fraction of sp³-hybridized carbons (Fsp3) is 0.548. The summed E-state index contributed by atoms with van der Waals surface area (Å²) in [6.07, 6.45) is 5.41. The van der Waals surface area contributed by atoms with Crippen LogP contribution in [0.25, 0.3) is 10.9 Å². The van der Waals surface area contributed by atoms with Gasteiger partial charge in [-0.1, -0.05) is 12.1 Å². The van der Waals surface area contributed by atoms with Crippen LogP contribution < -0.4 is 15.4 Å². The second kappa shape index (κ2) is 14.1. The number of hydrogen-bond donors (Lipinski definition) is 2. The van der Waals surface area contributed by atoms with Gasteiger partial charge in [0.1, 0.15) is 0 Å². The van der Waals surface area contributed by atoms with Crippen LogP contribution >= 0.6 is 0 Å². The number of hydrogen-bond acceptors (Lipinski definition) is 10. The summed E-state index contributed by atoms with van der Waals surface area (Å²) < 4.78 is 58.2. The number of carbonyl (C=O) groups excluding carboxylic acids is 3. The first kappa shape index (κ1) is 33.6. The zero-order valence-corrected chi connectivity index (χ0v) is 27.3. The molecule has 6 rings (SSSR count). The van der Waals surface area contributed by atoms with Crippen LogP contribution in [0.5, 0.6) is 5.75 Å². The lowest BCUT2D eigenvalue weighted by atomic mass is 9.87. The molecule has 0 spiro atoms. The maximum Gasteiger partial charge on any atom is 0.387 e. The monoisotopic (exact) mass is 688 g/mol. The Morgan fingerprint density at radius 2 is 1.77 bits per heavy atom. The zero-order chi connectivity index (χ0) is 34.0. The average molecular weight is 689 g/mol. The Bertz CT molecular complexity index is 1770. The van der Waals surface area contributed by atoms with E-state index in [0.29, 0.717) is 38.0 Å². The van der Waals surface area contributed by atoms with Gasteiger partial charge in [-0.2, -0.15) is 13.9 Å². The lowest BCUT2D eigenvalue weighted by molar-refractivity contribution is -0.134. The van der Waals surface area contributed by atoms with Crippen molar-refractivity contribution < 1.29 is 36.3 Å². The molecule has 14 nitrogen and oxygen atoms in total. The normalized spacial score (nSPS) is 20.3. The number of rotatable bonds is 10. The number of imide groups is 1. The predicted octanol–water partition coefficient (Wildman–Crippen LogP) is 2.49. The van der Waals surface area contributed by atoms with E-state index >= 15 is 0 Å². The van der Waals surface area contributed by atoms with E-state index in [0.717, 1.165) is 41.7 Å². The number of sulfonamides is 1. The largest absolute Gasteiger partial charge is 0.432 e. The van der Waals surface area contributed by atoms with E-state index in [1.807, 2.05) is 19.2 Å². The summed E-state index contributed by atoms with van der Waals surface area (Å²) in [5, 5.41) is 11.0. The van der Waals surface area contributed by atoms with Gasteiger partial charge in [0.2, 0.25) is 33.7 Å². The third-order valence-corrected chi connectivity index (χ3v) is 11.3. The molecule has 3 aliphatic rings. The number of aromatic nitrogens is 4. The van der Waals surface area contributed by atoms with Crippen molar-refractivity contribution in [2.75, 3.05) is 37.2 Å². The molecule has 3 aliphatic heterocycles. The second-order valence-corrected chi connectivity index (χ2v) is 14.5. The second-order valence-electron chi connectivity index (χ2n) is 12.4. The molecule has 3 fully saturated rings. The first-order chi connectivity index (χ1) is 23.0. The minimum Gasteiger partial charge on any atom is -0.432 e. The van der Waals surface area contributed by atoms with Crippen molar-refractivity contribution in [1.29, 1.82) is 0 Å². The number of amides is 3. The molecular weight excluding hydrogens is 650 g/mol. The van der Waals surface area contributed by atoms with Crippen molar-refractivity contribution in [2.24, 2.45) is 7.05 Å². The van der Waals surface area contributed by atoms with Gasteiger partial charge in [-0.3, -0.25) is 24.4 Å². The maximum atomic E-state index is 13.1. The van der Waals surface area contributed by atoms with Crippen LogP contribution in [0.3, 0.4) is 0 Å². The van der Waals surface area contributed by atoms with Crippen LogP contribution in [-0.4, -0.2) is 99.7 Å². The van der Waals surface area contributed by atoms with Gasteiger partial charge in [-0.15, -0.1) is 0 Å². The molecule has 5 heterocycles. The summed E-state index contributed by atoms with van der Waals surface area (Å²) >= 11 is 0. The van der Waals surface area contributed by atoms with Gasteiger partial charge in [0, 0.05) is 57.5 Å². The highest BCUT2D eigenvalue weighted by Gasteiger charge is 2.33. The molecule has 2 aromatic heterocycles. The Labute approximate surface area is 276 Å². The molecule has 0 aliphatic carbocycles. The highest BCUT2D eigenvalue weighted by atomic mass is 32.2. The summed E-state index contributed by atoms with van der Waals surface area (Å²) in [7, 11) is -1.80. The van der Waals surface area contributed by atoms with E-state index in [1.54, 1.807) is 9.58 Å². The predicted molar refractivity (Wildman–Crippen MR) is 170 cm³/mol. The summed E-state index contributed by atoms with van der Waals surface area (Å²) in [4.78, 5) is 46.8. The van der Waals surface area contributed by atoms with E-state index < -0.39 is 22.6 Å². The molecule has 1 unspecified atom stereocenters. The molecule has 0 radical (unpaired) electrons. The quantitative estimate of drug-likeness (QED) is 0.302. The number of aryl methyl sites for hydroxylation is 1. The smallest absolute Gasteiger partial charge is 0.387 e. The Kier molecular flexibility index (Phi) is 9.87. The maximum absolute atomic E-state index is 13.1. The van der Waals surface area contributed by atoms with Gasteiger partial charge in [-0.05, 0) is 49.7 Å². The van der Waals surface area contributed by atoms with Crippen LogP contribution in [-0.2, 0) is 31.5 Å². The Morgan fingerprint density at radius 1 is 1.06 bits per heavy atom. The van der Waals surface area contributed by atoms with Crippen LogP contribution in [0, 0.1) is 0 Å². The number of ether oxygens (including phenoxy) is 1. The van der Waals surface area contributed by atoms with Crippen molar-refractivity contribution in [3.05, 3.63) is 41.9 Å². The summed E-state index contributed by atoms with van der Waals surface area (Å²) in [6.45, 7) is -1.34. The first-order valence-corrected chi connectivity index (χ1v) is 17.7. The highest BCUT2D eigenvalue weighted by Crippen LogP contribution is 2.34. The average Bonchev–Trinajstić information content (AvgIpc) is 3.39. The third kappa shape index (κ3) is 7.56. The van der Waals surface area contributed by atoms with Crippen molar-refractivity contribution in [2.45, 2.75) is 69.4 Å². The van der Waals surface area contributed by atoms with Gasteiger partial charge in [-0.25, -0.2) is 22.7 Å². The number of piperidine rings is 3. The SMILES string of the molecule is Cn1nc(C2CCC(=O)NC2=O)c2ccc(C3CCN(C(=O)CCS(=O)(=O)N4CCC(Nc5ncc(OC(F)F)cn5)CC4)CC3)cc21. The van der Waals surface area contributed by atoms with Crippen LogP contribution in [0.4, 0.5) is 14.7 Å². The van der Waals surface area contributed by atoms with Crippen LogP contribution in [0.15, 0.2) is 30.6 Å². The van der Waals surface area contributed by atoms with Crippen molar-refractivity contribution >= 4 is 44.6 Å². The van der Waals surface area contributed by atoms with Crippen molar-refractivity contribution in [1.82, 2.24) is 34.3 Å². The van der Waals surface area contributed by atoms with Crippen LogP contribution in [0.2, 0.25) is 0 Å². The number of carbonyl (C=O) groups is 3. The molecule has 2 N–H and O–H groups in total. The van der Waals surface area contributed by atoms with Gasteiger partial charge in [0.15, 0.2) is 5.75 Å². The number of nitrogens with one attached hydrogen (secondary N) is 2. The molecule has 0 saturated carbocycles. The highest BCUT2D eigenvalue weighted by molar-refractivity contribution is 7.89. The Balaban J connectivity index is 0.962. The summed E-state index contributed by atoms with van der Waals surface area (Å²) in [5.41, 5.74) is 2.70. The topological polar surface area (TPSA) is 169 Å². The Morgan fingerprint density at radius 3 is 2.44 bits per heavy atom. The van der Waals surface area contributed by atoms with E-state index in [-0.39, 0.29) is 73.1 Å². The standard InChI is InChI=1S/C31H38F2N8O6S/c1-39-25-16-20(2-3-23(25)28(38-39)24-4-5-26(42)37-29(24)44)19-6-11-40(12-7-19)27(43)10-15-48(45,46)41-13-8-21(9-14-41)36-31-34-17-22(18-35-31)47-30(32)33/h2-3,16-19,21,24,30H,4-15H2,1H3,(H,34,35,36)(H,37,42,44). The molecule has 17 heteroatoms. The van der Waals surface area contributed by atoms with Gasteiger partial charge in [0.05, 0.1) is 35.3 Å². The number of likely N-dealkylation sites (tertiary alicyclic amines) is 1. The fourth-order valence-corrected chi connectivity index (χ4v) is 8.21. The Hall–Kier alpha value is -4.25. The summed E-state index contributed by atoms with van der Waals surface area (Å²) in [6, 6.07) is 6.02. The zero-order valence-electron chi connectivity index (χ0n) is 26.5. The van der Waals surface area contributed by atoms with Gasteiger partial charge < -0.3 is 15.0 Å². The molecule has 1 atom stereocenters. The molecule has 258 valence electrons. The van der Waals surface area contributed by atoms with E-state index in [2.05, 4.69) is 36.5 Å². The van der Waals surface area contributed by atoms with Crippen molar-refractivity contribution in [3.63, 3.8) is 0 Å². The molecule has 0 bridgehead atoms. The third-order valence-electron chi connectivity index (χ3n) is 9.40. The van der Waals surface area contributed by atoms with E-state index in [9.17, 15) is 31.6 Å². The lowest BCUT2D eigenvalue weighted by Crippen LogP contribution is -2.44. The molecule has 48 heavy (non-hydrogen) atoms. The minimum absolute atomic E-state index is 0.0872. The van der Waals surface area contributed by atoms with Gasteiger partial charge in [0.25, 0.3) is 0 Å². The van der Waals surface area contributed by atoms with Gasteiger partial charge >= 0.3 is 6.61 Å². The van der Waals surface area contributed by atoms with Crippen molar-refractivity contribution in [3.8, 4) is 5.75 Å². The molecule has 3 saturated heterocycles. The molecule has 3 aromatic rings. The lowest BCUT2D eigenvalue weighted by Gasteiger charge is -2.33. The number of nitrogens with zero attached hydrogens (tertiary/aromatic N) is 6. The van der Waals surface area contributed by atoms with E-state index in [4.69, 9.17) is 0 Å². The number of fused-ring (bicyclic) bond motifs is 1. The number of anilines is 1. The number of alkyl halides is 2. The molecule has 3 amide bonds. The number of halogens is 2. The van der Waals surface area contributed by atoms with Crippen LogP contribution in [0.1, 0.15) is 68.0 Å². The molecular formula is C31H38F2N8O6S. The minimum atomic E-state index is -3.63. The first-order valence-electron chi connectivity index (χ1n) is 16.1. The number of benzene rings is 1.